The minimum absolute atomic E-state index is 0.274. The minimum Gasteiger partial charge on any atom is -0.407 e. The number of ether oxygens (including phenoxy) is 1. The lowest BCUT2D eigenvalue weighted by Crippen LogP contribution is -2.27. The van der Waals surface area contributed by atoms with Gasteiger partial charge >= 0.3 is 6.01 Å². The molecule has 15 heavy (non-hydrogen) atoms. The molecule has 0 radical (unpaired) electrons. The number of likely N-dealkylation sites (N-methyl/N-ethyl adjacent to an activating group) is 1. The van der Waals surface area contributed by atoms with Crippen molar-refractivity contribution in [3.05, 3.63) is 5.89 Å². The van der Waals surface area contributed by atoms with Crippen molar-refractivity contribution < 1.29 is 9.15 Å². The number of hydrogen-bond donors (Lipinski definition) is 1. The third kappa shape index (κ3) is 3.49. The smallest absolute Gasteiger partial charge is 0.318 e. The quantitative estimate of drug-likeness (QED) is 0.662. The van der Waals surface area contributed by atoms with E-state index in [-0.39, 0.29) is 6.54 Å². The molecule has 1 aromatic heterocycles. The maximum Gasteiger partial charge on any atom is 0.318 e. The fourth-order valence-corrected chi connectivity index (χ4v) is 1.16. The van der Waals surface area contributed by atoms with Gasteiger partial charge in [0.2, 0.25) is 5.89 Å². The van der Waals surface area contributed by atoms with E-state index in [9.17, 15) is 0 Å². The lowest BCUT2D eigenvalue weighted by atomic mass is 10.5. The lowest BCUT2D eigenvalue weighted by Gasteiger charge is -2.17. The molecule has 0 amide bonds. The van der Waals surface area contributed by atoms with E-state index in [0.29, 0.717) is 18.5 Å². The fraction of sp³-hybridized carbons (Fsp3) is 0.778. The van der Waals surface area contributed by atoms with Gasteiger partial charge in [-0.1, -0.05) is 5.10 Å². The summed E-state index contributed by atoms with van der Waals surface area (Å²) in [6.07, 6.45) is 0. The Bertz CT molecular complexity index is 277. The van der Waals surface area contributed by atoms with Crippen LogP contribution in [-0.4, -0.2) is 36.5 Å². The van der Waals surface area contributed by atoms with Crippen molar-refractivity contribution >= 4 is 6.01 Å². The molecule has 0 bridgehead atoms. The maximum atomic E-state index is 5.39. The Labute approximate surface area is 89.4 Å². The molecule has 0 aromatic carbocycles. The van der Waals surface area contributed by atoms with Gasteiger partial charge < -0.3 is 19.8 Å². The Hall–Kier alpha value is -1.14. The summed E-state index contributed by atoms with van der Waals surface area (Å²) in [5, 5.41) is 7.72. The van der Waals surface area contributed by atoms with Gasteiger partial charge in [0, 0.05) is 19.7 Å². The third-order valence-corrected chi connectivity index (χ3v) is 1.99. The molecule has 1 heterocycles. The molecule has 2 N–H and O–H groups in total. The van der Waals surface area contributed by atoms with Crippen molar-refractivity contribution in [2.45, 2.75) is 20.4 Å². The van der Waals surface area contributed by atoms with E-state index in [1.807, 2.05) is 18.7 Å². The fourth-order valence-electron chi connectivity index (χ4n) is 1.16. The largest absolute Gasteiger partial charge is 0.407 e. The van der Waals surface area contributed by atoms with Gasteiger partial charge in [-0.05, 0) is 13.8 Å². The summed E-state index contributed by atoms with van der Waals surface area (Å²) in [6.45, 7) is 7.19. The zero-order valence-electron chi connectivity index (χ0n) is 9.27. The highest BCUT2D eigenvalue weighted by Gasteiger charge is 2.11. The first kappa shape index (κ1) is 11.9. The van der Waals surface area contributed by atoms with Gasteiger partial charge in [-0.3, -0.25) is 0 Å². The van der Waals surface area contributed by atoms with Crippen LogP contribution in [0.3, 0.4) is 0 Å². The van der Waals surface area contributed by atoms with Crippen molar-refractivity contribution in [2.24, 2.45) is 5.73 Å². The van der Waals surface area contributed by atoms with E-state index in [4.69, 9.17) is 14.9 Å². The topological polar surface area (TPSA) is 77.4 Å². The number of anilines is 1. The molecule has 0 unspecified atom stereocenters. The molecular weight excluding hydrogens is 196 g/mol. The molecular formula is C9H18N4O2. The summed E-state index contributed by atoms with van der Waals surface area (Å²) in [6, 6.07) is 0.512. The molecule has 0 saturated heterocycles. The van der Waals surface area contributed by atoms with Gasteiger partial charge in [0.05, 0.1) is 13.2 Å². The summed E-state index contributed by atoms with van der Waals surface area (Å²) >= 11 is 0. The van der Waals surface area contributed by atoms with Crippen LogP contribution in [0.2, 0.25) is 0 Å². The minimum atomic E-state index is 0.274. The highest BCUT2D eigenvalue weighted by Crippen LogP contribution is 2.10. The SMILES string of the molecule is CCOCCN(CC)c1nnc(CN)o1. The molecule has 0 aliphatic heterocycles. The Morgan fingerprint density at radius 1 is 1.40 bits per heavy atom. The number of hydrogen-bond acceptors (Lipinski definition) is 6. The van der Waals surface area contributed by atoms with E-state index in [2.05, 4.69) is 10.2 Å². The van der Waals surface area contributed by atoms with Gasteiger partial charge in [-0.2, -0.15) is 0 Å². The van der Waals surface area contributed by atoms with Gasteiger partial charge in [-0.25, -0.2) is 0 Å². The molecule has 6 nitrogen and oxygen atoms in total. The molecule has 0 atom stereocenters. The van der Waals surface area contributed by atoms with E-state index >= 15 is 0 Å². The molecule has 6 heteroatoms. The Morgan fingerprint density at radius 2 is 2.20 bits per heavy atom. The zero-order valence-corrected chi connectivity index (χ0v) is 9.27. The van der Waals surface area contributed by atoms with Crippen molar-refractivity contribution in [2.75, 3.05) is 31.2 Å². The predicted molar refractivity (Wildman–Crippen MR) is 56.6 cm³/mol. The second kappa shape index (κ2) is 6.36. The van der Waals surface area contributed by atoms with E-state index in [1.54, 1.807) is 0 Å². The van der Waals surface area contributed by atoms with E-state index in [1.165, 1.54) is 0 Å². The maximum absolute atomic E-state index is 5.39. The Balaban J connectivity index is 2.49. The molecule has 1 rings (SSSR count). The monoisotopic (exact) mass is 214 g/mol. The first-order valence-corrected chi connectivity index (χ1v) is 5.16. The second-order valence-corrected chi connectivity index (χ2v) is 2.96. The van der Waals surface area contributed by atoms with Crippen molar-refractivity contribution in [1.82, 2.24) is 10.2 Å². The van der Waals surface area contributed by atoms with Crippen LogP contribution in [0.1, 0.15) is 19.7 Å². The van der Waals surface area contributed by atoms with Crippen molar-refractivity contribution in [3.63, 3.8) is 0 Å². The lowest BCUT2D eigenvalue weighted by molar-refractivity contribution is 0.153. The summed E-state index contributed by atoms with van der Waals surface area (Å²) in [5.41, 5.74) is 5.39. The number of nitrogens with zero attached hydrogens (tertiary/aromatic N) is 3. The average molecular weight is 214 g/mol. The van der Waals surface area contributed by atoms with Crippen LogP contribution in [0, 0.1) is 0 Å². The standard InChI is InChI=1S/C9H18N4O2/c1-3-13(5-6-14-4-2)9-12-11-8(7-10)15-9/h3-7,10H2,1-2H3. The second-order valence-electron chi connectivity index (χ2n) is 2.96. The molecule has 0 fully saturated rings. The first-order chi connectivity index (χ1) is 7.31. The van der Waals surface area contributed by atoms with Crippen LogP contribution in [-0.2, 0) is 11.3 Å². The highest BCUT2D eigenvalue weighted by atomic mass is 16.5. The van der Waals surface area contributed by atoms with Crippen LogP contribution in [0.4, 0.5) is 6.01 Å². The van der Waals surface area contributed by atoms with Crippen LogP contribution in [0.5, 0.6) is 0 Å². The van der Waals surface area contributed by atoms with Gasteiger partial charge in [-0.15, -0.1) is 5.10 Å². The van der Waals surface area contributed by atoms with E-state index < -0.39 is 0 Å². The van der Waals surface area contributed by atoms with Crippen LogP contribution in [0.25, 0.3) is 0 Å². The average Bonchev–Trinajstić information content (AvgIpc) is 2.73. The summed E-state index contributed by atoms with van der Waals surface area (Å²) < 4.78 is 10.6. The molecule has 0 aliphatic rings. The van der Waals surface area contributed by atoms with E-state index in [0.717, 1.165) is 19.7 Å². The summed E-state index contributed by atoms with van der Waals surface area (Å²) in [7, 11) is 0. The Morgan fingerprint density at radius 3 is 2.73 bits per heavy atom. The third-order valence-electron chi connectivity index (χ3n) is 1.99. The van der Waals surface area contributed by atoms with Crippen LogP contribution >= 0.6 is 0 Å². The molecule has 1 aromatic rings. The molecule has 0 aliphatic carbocycles. The summed E-state index contributed by atoms with van der Waals surface area (Å²) in [4.78, 5) is 1.96. The molecule has 86 valence electrons. The molecule has 0 spiro atoms. The number of aromatic nitrogens is 2. The van der Waals surface area contributed by atoms with Crippen molar-refractivity contribution in [3.8, 4) is 0 Å². The number of nitrogens with two attached hydrogens (primary N) is 1. The van der Waals surface area contributed by atoms with Crippen LogP contribution in [0.15, 0.2) is 4.42 Å². The summed E-state index contributed by atoms with van der Waals surface area (Å²) in [5.74, 6) is 0.458. The number of rotatable bonds is 7. The van der Waals surface area contributed by atoms with Gasteiger partial charge in [0.25, 0.3) is 0 Å². The van der Waals surface area contributed by atoms with Crippen molar-refractivity contribution in [1.29, 1.82) is 0 Å². The Kier molecular flexibility index (Phi) is 5.06. The van der Waals surface area contributed by atoms with Crippen LogP contribution < -0.4 is 10.6 Å². The predicted octanol–water partition coefficient (Wildman–Crippen LogP) is 0.391. The van der Waals surface area contributed by atoms with Gasteiger partial charge in [0.15, 0.2) is 0 Å². The highest BCUT2D eigenvalue weighted by molar-refractivity contribution is 5.23. The zero-order chi connectivity index (χ0) is 11.1. The van der Waals surface area contributed by atoms with Gasteiger partial charge in [0.1, 0.15) is 0 Å². The molecule has 0 saturated carbocycles. The normalized spacial score (nSPS) is 10.6. The first-order valence-electron chi connectivity index (χ1n) is 5.16.